The van der Waals surface area contributed by atoms with Crippen LogP contribution in [0.4, 0.5) is 23.2 Å². The number of pyridine rings is 1. The van der Waals surface area contributed by atoms with Crippen molar-refractivity contribution in [1.82, 2.24) is 20.0 Å². The van der Waals surface area contributed by atoms with Crippen molar-refractivity contribution in [3.05, 3.63) is 59.4 Å². The zero-order valence-electron chi connectivity index (χ0n) is 17.7. The molecule has 0 amide bonds. The number of nitrogens with zero attached hydrogens (tertiary/aromatic N) is 5. The Balaban J connectivity index is 1.84. The van der Waals surface area contributed by atoms with Crippen LogP contribution in [0.3, 0.4) is 0 Å². The number of halogens is 4. The van der Waals surface area contributed by atoms with Gasteiger partial charge in [0.2, 0.25) is 0 Å². The lowest BCUT2D eigenvalue weighted by Crippen LogP contribution is -2.42. The van der Waals surface area contributed by atoms with Crippen LogP contribution < -0.4 is 10.9 Å². The Morgan fingerprint density at radius 1 is 1.18 bits per heavy atom. The number of benzene rings is 1. The summed E-state index contributed by atoms with van der Waals surface area (Å²) in [5.41, 5.74) is 6.07. The van der Waals surface area contributed by atoms with E-state index in [-0.39, 0.29) is 39.7 Å². The summed E-state index contributed by atoms with van der Waals surface area (Å²) in [6.45, 7) is 2.52. The first kappa shape index (κ1) is 22.8. The van der Waals surface area contributed by atoms with E-state index < -0.39 is 18.0 Å². The molecule has 0 saturated heterocycles. The molecule has 0 radical (unpaired) electrons. The summed E-state index contributed by atoms with van der Waals surface area (Å²) in [5, 5.41) is 19.3. The van der Waals surface area contributed by atoms with Crippen molar-refractivity contribution in [3.63, 3.8) is 0 Å². The van der Waals surface area contributed by atoms with Gasteiger partial charge in [-0.2, -0.15) is 28.7 Å². The summed E-state index contributed by atoms with van der Waals surface area (Å²) in [6, 6.07) is 7.74. The van der Waals surface area contributed by atoms with E-state index in [2.05, 4.69) is 26.9 Å². The quantitative estimate of drug-likeness (QED) is 0.320. The van der Waals surface area contributed by atoms with Gasteiger partial charge in [0.15, 0.2) is 5.69 Å². The van der Waals surface area contributed by atoms with E-state index in [1.165, 1.54) is 35.0 Å². The number of hydrazine groups is 1. The number of hydrogen-bond donors (Lipinski definition) is 2. The third-order valence-electron chi connectivity index (χ3n) is 5.09. The van der Waals surface area contributed by atoms with E-state index in [0.29, 0.717) is 11.1 Å². The molecule has 0 aliphatic carbocycles. The molecule has 172 valence electrons. The van der Waals surface area contributed by atoms with Gasteiger partial charge in [0.1, 0.15) is 30.3 Å². The molecule has 8 nitrogen and oxygen atoms in total. The fourth-order valence-corrected chi connectivity index (χ4v) is 3.27. The predicted molar refractivity (Wildman–Crippen MR) is 113 cm³/mol. The Morgan fingerprint density at radius 2 is 1.94 bits per heavy atom. The maximum Gasteiger partial charge on any atom is 0.405 e. The maximum atomic E-state index is 14.3. The average molecular weight is 469 g/mol. The lowest BCUT2D eigenvalue weighted by molar-refractivity contribution is -0.150. The van der Waals surface area contributed by atoms with Crippen molar-refractivity contribution in [2.24, 2.45) is 0 Å². The van der Waals surface area contributed by atoms with E-state index in [1.54, 1.807) is 6.92 Å². The molecule has 0 spiro atoms. The van der Waals surface area contributed by atoms with Gasteiger partial charge >= 0.3 is 12.2 Å². The van der Waals surface area contributed by atoms with Crippen molar-refractivity contribution in [1.29, 1.82) is 10.5 Å². The number of oxazole rings is 1. The molecule has 1 atom stereocenters. The van der Waals surface area contributed by atoms with Crippen LogP contribution in [0, 0.1) is 35.4 Å². The fraction of sp³-hybridized carbons (Fsp3) is 0.182. The lowest BCUT2D eigenvalue weighted by atomic mass is 10.1. The van der Waals surface area contributed by atoms with Crippen LogP contribution in [-0.2, 0) is 0 Å². The summed E-state index contributed by atoms with van der Waals surface area (Å²) in [4.78, 5) is 8.37. The fourth-order valence-electron chi connectivity index (χ4n) is 3.27. The van der Waals surface area contributed by atoms with Crippen LogP contribution in [-0.4, -0.2) is 26.8 Å². The molecule has 3 heterocycles. The minimum atomic E-state index is -4.44. The molecule has 4 rings (SSSR count). The lowest BCUT2D eigenvalue weighted by Gasteiger charge is -2.18. The Labute approximate surface area is 190 Å². The van der Waals surface area contributed by atoms with E-state index in [9.17, 15) is 22.8 Å². The molecule has 1 aromatic carbocycles. The zero-order chi connectivity index (χ0) is 24.6. The van der Waals surface area contributed by atoms with Gasteiger partial charge in [-0.3, -0.25) is 9.55 Å². The van der Waals surface area contributed by atoms with Crippen LogP contribution in [0.1, 0.15) is 23.7 Å². The largest absolute Gasteiger partial charge is 0.430 e. The monoisotopic (exact) mass is 469 g/mol. The van der Waals surface area contributed by atoms with Crippen LogP contribution in [0.5, 0.6) is 0 Å². The highest BCUT2D eigenvalue weighted by Gasteiger charge is 2.35. The second kappa shape index (κ2) is 8.50. The molecular formula is C22H15F4N7O. The number of hydrogen-bond acceptors (Lipinski definition) is 7. The highest BCUT2D eigenvalue weighted by Crippen LogP contribution is 2.36. The van der Waals surface area contributed by atoms with Crippen LogP contribution in [0.2, 0.25) is 0 Å². The number of fused-ring (bicyclic) bond motifs is 1. The van der Waals surface area contributed by atoms with Gasteiger partial charge in [0.05, 0.1) is 34.4 Å². The molecule has 0 fully saturated rings. The average Bonchev–Trinajstić information content (AvgIpc) is 3.39. The smallest absolute Gasteiger partial charge is 0.405 e. The predicted octanol–water partition coefficient (Wildman–Crippen LogP) is 4.74. The van der Waals surface area contributed by atoms with Gasteiger partial charge < -0.3 is 9.84 Å². The number of aryl methyl sites for hydroxylation is 1. The molecule has 4 aromatic rings. The van der Waals surface area contributed by atoms with E-state index >= 15 is 0 Å². The third kappa shape index (κ3) is 4.02. The molecule has 1 unspecified atom stereocenters. The van der Waals surface area contributed by atoms with Crippen molar-refractivity contribution in [2.75, 3.05) is 5.43 Å². The normalized spacial score (nSPS) is 12.4. The molecule has 0 bridgehead atoms. The Hall–Kier alpha value is -4.42. The van der Waals surface area contributed by atoms with Gasteiger partial charge in [-0.05, 0) is 43.7 Å². The van der Waals surface area contributed by atoms with Crippen molar-refractivity contribution in [3.8, 4) is 29.5 Å². The van der Waals surface area contributed by atoms with Gasteiger partial charge in [0, 0.05) is 5.39 Å². The van der Waals surface area contributed by atoms with Crippen LogP contribution in [0.25, 0.3) is 28.3 Å². The molecule has 0 aliphatic rings. The molecule has 0 aliphatic heterocycles. The van der Waals surface area contributed by atoms with Gasteiger partial charge in [-0.25, -0.2) is 9.82 Å². The highest BCUT2D eigenvalue weighted by molar-refractivity contribution is 5.95. The van der Waals surface area contributed by atoms with Crippen LogP contribution >= 0.6 is 0 Å². The van der Waals surface area contributed by atoms with Crippen molar-refractivity contribution < 1.29 is 22.0 Å². The SMILES string of the molecule is Cc1cc2c(cc1F)c(C#N)c(-c1ccc(NNC(C)C(F)(F)F)cn1)n2-c1nc(C#N)co1. The summed E-state index contributed by atoms with van der Waals surface area (Å²) < 4.78 is 59.3. The minimum Gasteiger partial charge on any atom is -0.430 e. The standard InChI is InChI=1S/C22H15F4N7O/c1-11-5-19-15(6-17(11)23)16(8-28)20(33(19)21-30-14(7-27)10-34-21)18-4-3-13(9-29-18)32-31-12(2)22(24,25)26/h3-6,9-10,12,31-32H,1-2H3. The van der Waals surface area contributed by atoms with Crippen molar-refractivity contribution >= 4 is 16.6 Å². The Kier molecular flexibility index (Phi) is 5.69. The number of nitrogens with one attached hydrogen (secondary N) is 2. The van der Waals surface area contributed by atoms with Crippen LogP contribution in [0.15, 0.2) is 41.1 Å². The van der Waals surface area contributed by atoms with E-state index in [0.717, 1.165) is 13.2 Å². The molecule has 12 heteroatoms. The molecule has 34 heavy (non-hydrogen) atoms. The summed E-state index contributed by atoms with van der Waals surface area (Å²) >= 11 is 0. The molecule has 0 saturated carbocycles. The molecule has 2 N–H and O–H groups in total. The molecule has 3 aromatic heterocycles. The maximum absolute atomic E-state index is 14.3. The number of nitriles is 2. The van der Waals surface area contributed by atoms with E-state index in [4.69, 9.17) is 9.68 Å². The third-order valence-corrected chi connectivity index (χ3v) is 5.09. The Morgan fingerprint density at radius 3 is 2.53 bits per heavy atom. The number of anilines is 1. The first-order valence-corrected chi connectivity index (χ1v) is 9.79. The van der Waals surface area contributed by atoms with Gasteiger partial charge in [0.25, 0.3) is 0 Å². The topological polar surface area (TPSA) is 115 Å². The second-order valence-corrected chi connectivity index (χ2v) is 7.38. The minimum absolute atomic E-state index is 0.00231. The number of aromatic nitrogens is 3. The second-order valence-electron chi connectivity index (χ2n) is 7.38. The Bertz CT molecular complexity index is 1460. The highest BCUT2D eigenvalue weighted by atomic mass is 19.4. The molecular weight excluding hydrogens is 454 g/mol. The van der Waals surface area contributed by atoms with E-state index in [1.807, 2.05) is 6.07 Å². The number of rotatable bonds is 5. The van der Waals surface area contributed by atoms with Crippen molar-refractivity contribution in [2.45, 2.75) is 26.1 Å². The van der Waals surface area contributed by atoms with Gasteiger partial charge in [-0.1, -0.05) is 0 Å². The van der Waals surface area contributed by atoms with Gasteiger partial charge in [-0.15, -0.1) is 0 Å². The number of alkyl halides is 3. The summed E-state index contributed by atoms with van der Waals surface area (Å²) in [6.07, 6.45) is -2.02. The zero-order valence-corrected chi connectivity index (χ0v) is 17.7. The summed E-state index contributed by atoms with van der Waals surface area (Å²) in [5.74, 6) is -0.518. The first-order chi connectivity index (χ1) is 16.1. The summed E-state index contributed by atoms with van der Waals surface area (Å²) in [7, 11) is 0. The first-order valence-electron chi connectivity index (χ1n) is 9.79.